The largest absolute Gasteiger partial charge is 0.466 e. The highest BCUT2D eigenvalue weighted by Crippen LogP contribution is 2.40. The zero-order valence-electron chi connectivity index (χ0n) is 17.8. The van der Waals surface area contributed by atoms with Gasteiger partial charge in [-0.1, -0.05) is 54.2 Å². The average Bonchev–Trinajstić information content (AvgIpc) is 2.82. The summed E-state index contributed by atoms with van der Waals surface area (Å²) in [6, 6.07) is 15.5. The van der Waals surface area contributed by atoms with Gasteiger partial charge in [0.15, 0.2) is 5.16 Å². The van der Waals surface area contributed by atoms with Gasteiger partial charge in [0, 0.05) is 23.6 Å². The number of nitrogens with zero attached hydrogens (tertiary/aromatic N) is 2. The highest BCUT2D eigenvalue weighted by molar-refractivity contribution is 7.98. The van der Waals surface area contributed by atoms with Gasteiger partial charge < -0.3 is 15.0 Å². The quantitative estimate of drug-likeness (QED) is 0.184. The first-order valence-corrected chi connectivity index (χ1v) is 11.0. The number of carbonyl (C=O) groups excluding carboxylic acids is 1. The zero-order chi connectivity index (χ0) is 23.5. The number of rotatable bonds is 6. The standard InChI is InChI=1S/C23H20N4O5S/c1-13-17(22(29)32-2)18(15-6-4-3-5-7-15)19-20(24-13)25-23(26-21(19)28)33-12-14-8-10-16(11-9-14)27(30)31/h3-11,18H,12H2,1-2H3,(H2,24,25,26,28). The molecule has 9 nitrogen and oxygen atoms in total. The Hall–Kier alpha value is -3.92. The summed E-state index contributed by atoms with van der Waals surface area (Å²) in [4.78, 5) is 43.5. The molecule has 1 aliphatic heterocycles. The van der Waals surface area contributed by atoms with Crippen molar-refractivity contribution in [3.05, 3.63) is 103 Å². The van der Waals surface area contributed by atoms with Gasteiger partial charge >= 0.3 is 5.97 Å². The van der Waals surface area contributed by atoms with Crippen molar-refractivity contribution < 1.29 is 14.5 Å². The molecule has 10 heteroatoms. The summed E-state index contributed by atoms with van der Waals surface area (Å²) in [5.74, 6) is -0.302. The van der Waals surface area contributed by atoms with Gasteiger partial charge in [0.2, 0.25) is 0 Å². The number of thioether (sulfide) groups is 1. The number of anilines is 1. The van der Waals surface area contributed by atoms with E-state index in [0.717, 1.165) is 11.1 Å². The van der Waals surface area contributed by atoms with Gasteiger partial charge in [-0.3, -0.25) is 14.9 Å². The first-order chi connectivity index (χ1) is 15.9. The maximum Gasteiger partial charge on any atom is 0.336 e. The number of ether oxygens (including phenoxy) is 1. The number of hydrogen-bond acceptors (Lipinski definition) is 8. The van der Waals surface area contributed by atoms with E-state index in [2.05, 4.69) is 15.3 Å². The number of H-pyrrole nitrogens is 1. The number of non-ortho nitro benzene ring substituents is 1. The first kappa shape index (κ1) is 22.3. The molecule has 33 heavy (non-hydrogen) atoms. The second-order valence-corrected chi connectivity index (χ2v) is 8.31. The number of carbonyl (C=O) groups is 1. The second kappa shape index (κ2) is 9.29. The van der Waals surface area contributed by atoms with Crippen LogP contribution in [0, 0.1) is 10.1 Å². The third-order valence-electron chi connectivity index (χ3n) is 5.28. The molecule has 3 aromatic rings. The molecule has 0 spiro atoms. The van der Waals surface area contributed by atoms with Gasteiger partial charge in [0.25, 0.3) is 11.2 Å². The maximum absolute atomic E-state index is 13.2. The number of benzene rings is 2. The van der Waals surface area contributed by atoms with E-state index in [1.165, 1.54) is 31.0 Å². The number of allylic oxidation sites excluding steroid dienone is 1. The number of methoxy groups -OCH3 is 1. The van der Waals surface area contributed by atoms with Gasteiger partial charge in [-0.25, -0.2) is 9.78 Å². The molecule has 168 valence electrons. The molecule has 1 aromatic heterocycles. The molecule has 0 amide bonds. The summed E-state index contributed by atoms with van der Waals surface area (Å²) in [6.07, 6.45) is 0. The van der Waals surface area contributed by atoms with Crippen LogP contribution in [0.25, 0.3) is 0 Å². The minimum absolute atomic E-state index is 0.0175. The third-order valence-corrected chi connectivity index (χ3v) is 6.23. The zero-order valence-corrected chi connectivity index (χ0v) is 18.6. The van der Waals surface area contributed by atoms with Crippen molar-refractivity contribution in [2.24, 2.45) is 0 Å². The SMILES string of the molecule is COC(=O)C1=C(C)Nc2nc(SCc3ccc([N+](=O)[O-])cc3)[nH]c(=O)c2C1c1ccccc1. The number of hydrogen-bond donors (Lipinski definition) is 2. The number of aromatic amines is 1. The van der Waals surface area contributed by atoms with E-state index >= 15 is 0 Å². The van der Waals surface area contributed by atoms with Crippen LogP contribution in [-0.4, -0.2) is 28.0 Å². The highest BCUT2D eigenvalue weighted by Gasteiger charge is 2.36. The van der Waals surface area contributed by atoms with Crippen LogP contribution >= 0.6 is 11.8 Å². The Labute approximate surface area is 193 Å². The average molecular weight is 465 g/mol. The van der Waals surface area contributed by atoms with Crippen LogP contribution in [0.15, 0.2) is 75.8 Å². The van der Waals surface area contributed by atoms with Crippen molar-refractivity contribution in [2.45, 2.75) is 23.8 Å². The maximum atomic E-state index is 13.2. The van der Waals surface area contributed by atoms with Crippen LogP contribution in [0.1, 0.15) is 29.5 Å². The lowest BCUT2D eigenvalue weighted by atomic mass is 9.82. The van der Waals surface area contributed by atoms with E-state index in [1.807, 2.05) is 30.3 Å². The lowest BCUT2D eigenvalue weighted by Crippen LogP contribution is -2.30. The summed E-state index contributed by atoms with van der Waals surface area (Å²) in [6.45, 7) is 1.75. The third kappa shape index (κ3) is 4.51. The summed E-state index contributed by atoms with van der Waals surface area (Å²) >= 11 is 1.30. The molecule has 0 fully saturated rings. The van der Waals surface area contributed by atoms with Gasteiger partial charge in [0.1, 0.15) is 5.82 Å². The van der Waals surface area contributed by atoms with E-state index in [4.69, 9.17) is 4.74 Å². The van der Waals surface area contributed by atoms with Crippen molar-refractivity contribution in [3.8, 4) is 0 Å². The molecular weight excluding hydrogens is 444 g/mol. The molecule has 1 unspecified atom stereocenters. The predicted molar refractivity (Wildman–Crippen MR) is 124 cm³/mol. The van der Waals surface area contributed by atoms with E-state index in [9.17, 15) is 19.7 Å². The van der Waals surface area contributed by atoms with E-state index in [-0.39, 0.29) is 11.2 Å². The Bertz CT molecular complexity index is 1300. The van der Waals surface area contributed by atoms with Crippen molar-refractivity contribution in [1.82, 2.24) is 9.97 Å². The summed E-state index contributed by atoms with van der Waals surface area (Å²) < 4.78 is 4.99. The van der Waals surface area contributed by atoms with Gasteiger partial charge in [0.05, 0.1) is 29.1 Å². The summed E-state index contributed by atoms with van der Waals surface area (Å²) in [7, 11) is 1.31. The molecule has 4 rings (SSSR count). The minimum Gasteiger partial charge on any atom is -0.466 e. The molecule has 2 heterocycles. The van der Waals surface area contributed by atoms with Crippen molar-refractivity contribution in [2.75, 3.05) is 12.4 Å². The fourth-order valence-corrected chi connectivity index (χ4v) is 4.54. The van der Waals surface area contributed by atoms with Crippen LogP contribution in [-0.2, 0) is 15.3 Å². The fraction of sp³-hybridized carbons (Fsp3) is 0.174. The molecule has 0 bridgehead atoms. The van der Waals surface area contributed by atoms with Gasteiger partial charge in [-0.05, 0) is 18.1 Å². The molecule has 0 radical (unpaired) electrons. The first-order valence-electron chi connectivity index (χ1n) is 10.0. The highest BCUT2D eigenvalue weighted by atomic mass is 32.2. The van der Waals surface area contributed by atoms with E-state index < -0.39 is 16.8 Å². The molecule has 2 aromatic carbocycles. The number of fused-ring (bicyclic) bond motifs is 1. The Morgan fingerprint density at radius 2 is 1.88 bits per heavy atom. The van der Waals surface area contributed by atoms with Crippen molar-refractivity contribution in [1.29, 1.82) is 0 Å². The number of nitro groups is 1. The van der Waals surface area contributed by atoms with Crippen LogP contribution < -0.4 is 10.9 Å². The lowest BCUT2D eigenvalue weighted by molar-refractivity contribution is -0.384. The Kier molecular flexibility index (Phi) is 6.27. The monoisotopic (exact) mass is 464 g/mol. The Morgan fingerprint density at radius 1 is 1.18 bits per heavy atom. The molecule has 2 N–H and O–H groups in total. The topological polar surface area (TPSA) is 127 Å². The molecular formula is C23H20N4O5S. The van der Waals surface area contributed by atoms with Crippen LogP contribution in [0.2, 0.25) is 0 Å². The molecule has 1 atom stereocenters. The van der Waals surface area contributed by atoms with Crippen LogP contribution in [0.5, 0.6) is 0 Å². The second-order valence-electron chi connectivity index (χ2n) is 7.34. The number of aromatic nitrogens is 2. The number of nitrogens with one attached hydrogen (secondary N) is 2. The van der Waals surface area contributed by atoms with Crippen molar-refractivity contribution in [3.63, 3.8) is 0 Å². The van der Waals surface area contributed by atoms with Crippen LogP contribution in [0.3, 0.4) is 0 Å². The Balaban J connectivity index is 1.68. The predicted octanol–water partition coefficient (Wildman–Crippen LogP) is 3.97. The normalized spacial score (nSPS) is 14.9. The molecule has 1 aliphatic rings. The fourth-order valence-electron chi connectivity index (χ4n) is 3.72. The van der Waals surface area contributed by atoms with Gasteiger partial charge in [-0.15, -0.1) is 0 Å². The summed E-state index contributed by atoms with van der Waals surface area (Å²) in [5, 5.41) is 14.3. The number of nitro benzene ring substituents is 1. The van der Waals surface area contributed by atoms with E-state index in [0.29, 0.717) is 33.6 Å². The Morgan fingerprint density at radius 3 is 2.52 bits per heavy atom. The van der Waals surface area contributed by atoms with Crippen molar-refractivity contribution >= 4 is 29.2 Å². The molecule has 0 saturated heterocycles. The lowest BCUT2D eigenvalue weighted by Gasteiger charge is -2.28. The smallest absolute Gasteiger partial charge is 0.336 e. The summed E-state index contributed by atoms with van der Waals surface area (Å²) in [5.41, 5.74) is 2.54. The molecule has 0 aliphatic carbocycles. The van der Waals surface area contributed by atoms with E-state index in [1.54, 1.807) is 19.1 Å². The number of esters is 1. The minimum atomic E-state index is -0.625. The van der Waals surface area contributed by atoms with Gasteiger partial charge in [-0.2, -0.15) is 0 Å². The van der Waals surface area contributed by atoms with Crippen LogP contribution in [0.4, 0.5) is 11.5 Å². The molecule has 0 saturated carbocycles.